The Kier molecular flexibility index (Phi) is 17.4. The first kappa shape index (κ1) is 38.4. The van der Waals surface area contributed by atoms with Crippen molar-refractivity contribution in [3.8, 4) is 5.88 Å². The Morgan fingerprint density at radius 2 is 1.31 bits per heavy atom. The number of unbranched alkanes of at least 4 members (excludes halogenated alkanes) is 2. The highest BCUT2D eigenvalue weighted by atomic mass is 19.1. The maximum atomic E-state index is 13.4. The molecule has 0 saturated carbocycles. The van der Waals surface area contributed by atoms with Gasteiger partial charge in [-0.2, -0.15) is 0 Å². The van der Waals surface area contributed by atoms with Gasteiger partial charge in [0.25, 0.3) is 6.10 Å². The maximum Gasteiger partial charge on any atom is 0.356 e. The number of benzene rings is 2. The van der Waals surface area contributed by atoms with E-state index < -0.39 is 42.1 Å². The van der Waals surface area contributed by atoms with Crippen LogP contribution in [0.5, 0.6) is 5.88 Å². The number of ether oxygens (including phenoxy) is 1. The Bertz CT molecular complexity index is 1350. The molecule has 2 atom stereocenters. The molecule has 0 aliphatic heterocycles. The molecule has 0 radical (unpaired) electrons. The van der Waals surface area contributed by atoms with Gasteiger partial charge in [-0.25, -0.2) is 14.0 Å². The highest BCUT2D eigenvalue weighted by molar-refractivity contribution is 5.97. The molecule has 2 unspecified atom stereocenters. The van der Waals surface area contributed by atoms with Gasteiger partial charge < -0.3 is 48.1 Å². The van der Waals surface area contributed by atoms with E-state index in [2.05, 4.69) is 5.10 Å². The van der Waals surface area contributed by atoms with E-state index in [0.717, 1.165) is 25.7 Å². The van der Waals surface area contributed by atoms with Crippen molar-refractivity contribution >= 4 is 34.8 Å². The molecule has 1 aromatic heterocycles. The van der Waals surface area contributed by atoms with Gasteiger partial charge in [-0.1, -0.05) is 37.1 Å². The molecule has 3 rings (SSSR count). The molecule has 45 heavy (non-hydrogen) atoms. The van der Waals surface area contributed by atoms with Crippen LogP contribution in [0.15, 0.2) is 48.5 Å². The molecule has 16 heteroatoms. The Balaban J connectivity index is 0.000000419. The van der Waals surface area contributed by atoms with Gasteiger partial charge in [0.05, 0.1) is 17.4 Å². The van der Waals surface area contributed by atoms with Gasteiger partial charge in [0.2, 0.25) is 5.88 Å². The third-order valence-corrected chi connectivity index (χ3v) is 6.10. The summed E-state index contributed by atoms with van der Waals surface area (Å²) in [6.07, 6.45) is 2.26. The van der Waals surface area contributed by atoms with Crippen molar-refractivity contribution in [3.63, 3.8) is 0 Å². The summed E-state index contributed by atoms with van der Waals surface area (Å²) in [7, 11) is 0. The van der Waals surface area contributed by atoms with Gasteiger partial charge in [0.1, 0.15) is 17.9 Å². The van der Waals surface area contributed by atoms with Crippen molar-refractivity contribution in [1.82, 2.24) is 9.78 Å². The number of rotatable bonds is 16. The second-order valence-electron chi connectivity index (χ2n) is 9.74. The Hall–Kier alpha value is -4.64. The minimum Gasteiger partial charge on any atom is -0.480 e. The van der Waals surface area contributed by atoms with E-state index in [9.17, 15) is 23.6 Å². The molecule has 2 aromatic carbocycles. The zero-order valence-electron chi connectivity index (χ0n) is 24.6. The lowest BCUT2D eigenvalue weighted by Gasteiger charge is -2.08. The van der Waals surface area contributed by atoms with Crippen LogP contribution in [0.4, 0.5) is 4.39 Å². The third kappa shape index (κ3) is 14.1. The Morgan fingerprint density at radius 1 is 0.778 bits per heavy atom. The van der Waals surface area contributed by atoms with Crippen LogP contribution in [-0.4, -0.2) is 85.4 Å². The Morgan fingerprint density at radius 3 is 1.78 bits per heavy atom. The predicted octanol–water partition coefficient (Wildman–Crippen LogP) is 1.19. The number of carboxylic acids is 4. The van der Waals surface area contributed by atoms with Gasteiger partial charge in [-0.05, 0) is 68.6 Å². The molecule has 0 aliphatic carbocycles. The zero-order valence-corrected chi connectivity index (χ0v) is 24.6. The third-order valence-electron chi connectivity index (χ3n) is 6.10. The summed E-state index contributed by atoms with van der Waals surface area (Å²) >= 11 is 0. The van der Waals surface area contributed by atoms with E-state index in [-0.39, 0.29) is 18.2 Å². The van der Waals surface area contributed by atoms with Gasteiger partial charge in [0, 0.05) is 0 Å². The molecular weight excluding hydrogens is 595 g/mol. The van der Waals surface area contributed by atoms with Gasteiger partial charge >= 0.3 is 23.9 Å². The van der Waals surface area contributed by atoms with Crippen molar-refractivity contribution in [2.45, 2.75) is 63.3 Å². The number of nitrogens with zero attached hydrogens (tertiary/aromatic N) is 2. The number of carbonyl (C=O) groups is 4. The lowest BCUT2D eigenvalue weighted by atomic mass is 10.1. The highest BCUT2D eigenvalue weighted by Crippen LogP contribution is 2.26. The number of hydrogen-bond donors (Lipinski definition) is 8. The number of aliphatic carboxylic acids is 4. The van der Waals surface area contributed by atoms with Crippen LogP contribution in [0, 0.1) is 5.82 Å². The fourth-order valence-corrected chi connectivity index (χ4v) is 3.69. The first-order chi connectivity index (χ1) is 21.3. The predicted molar refractivity (Wildman–Crippen MR) is 162 cm³/mol. The summed E-state index contributed by atoms with van der Waals surface area (Å²) in [4.78, 5) is 42.3. The van der Waals surface area contributed by atoms with E-state index in [0.29, 0.717) is 42.4 Å². The van der Waals surface area contributed by atoms with Crippen molar-refractivity contribution in [2.24, 2.45) is 22.9 Å². The van der Waals surface area contributed by atoms with Gasteiger partial charge in [-0.15, -0.1) is 5.10 Å². The van der Waals surface area contributed by atoms with E-state index >= 15 is 0 Å². The smallest absolute Gasteiger partial charge is 0.356 e. The molecule has 0 fully saturated rings. The molecular formula is C29H41FN6O9. The molecule has 0 saturated heterocycles. The monoisotopic (exact) mass is 636 g/mol. The molecule has 0 amide bonds. The largest absolute Gasteiger partial charge is 0.480 e. The molecule has 0 spiro atoms. The first-order valence-corrected chi connectivity index (χ1v) is 14.0. The van der Waals surface area contributed by atoms with Crippen LogP contribution in [0.1, 0.15) is 44.1 Å². The van der Waals surface area contributed by atoms with Crippen LogP contribution < -0.4 is 27.7 Å². The number of halogens is 1. The first-order valence-electron chi connectivity index (χ1n) is 14.0. The van der Waals surface area contributed by atoms with Crippen LogP contribution in [-0.2, 0) is 25.7 Å². The number of fused-ring (bicyclic) bond motifs is 1. The van der Waals surface area contributed by atoms with E-state index in [4.69, 9.17) is 48.1 Å². The summed E-state index contributed by atoms with van der Waals surface area (Å²) in [6.45, 7) is 1.42. The molecule has 0 aliphatic rings. The second kappa shape index (κ2) is 20.3. The molecule has 1 heterocycles. The van der Waals surface area contributed by atoms with Crippen molar-refractivity contribution < 1.29 is 48.7 Å². The summed E-state index contributed by atoms with van der Waals surface area (Å²) < 4.78 is 19.9. The summed E-state index contributed by atoms with van der Waals surface area (Å²) in [5, 5.41) is 39.2. The number of para-hydroxylation sites is 1. The van der Waals surface area contributed by atoms with E-state index in [1.807, 2.05) is 0 Å². The minimum absolute atomic E-state index is 0.109. The molecule has 15 nitrogen and oxygen atoms in total. The van der Waals surface area contributed by atoms with Crippen molar-refractivity contribution in [1.29, 1.82) is 0 Å². The zero-order chi connectivity index (χ0) is 33.9. The maximum absolute atomic E-state index is 13.4. The van der Waals surface area contributed by atoms with Crippen molar-refractivity contribution in [2.75, 3.05) is 13.1 Å². The summed E-state index contributed by atoms with van der Waals surface area (Å²) in [5.41, 5.74) is 22.1. The van der Waals surface area contributed by atoms with Crippen LogP contribution in [0.25, 0.3) is 10.9 Å². The lowest BCUT2D eigenvalue weighted by molar-refractivity contribution is -0.159. The minimum atomic E-state index is -2.07. The topological polar surface area (TPSA) is 280 Å². The number of aromatic nitrogens is 2. The van der Waals surface area contributed by atoms with Gasteiger partial charge in [-0.3, -0.25) is 14.3 Å². The Labute approximate surface area is 258 Å². The molecule has 248 valence electrons. The number of carboxylic acid groups (broad SMARTS) is 4. The standard InChI is InChI=1S/C17H13FN2O5.2C6H14N2O2/c18-11-5-3-4-10(8-11)9-20-13-7-2-1-6-12(13)15(19-20)25-14(16(21)22)17(23)24;2*7-4-2-1-3-5(8)6(9)10/h1-8,14H,9H2,(H,21,22)(H,23,24);2*5H,1-4,7-8H2,(H,9,10). The summed E-state index contributed by atoms with van der Waals surface area (Å²) in [6, 6.07) is 11.3. The highest BCUT2D eigenvalue weighted by Gasteiger charge is 2.30. The summed E-state index contributed by atoms with van der Waals surface area (Å²) in [5.74, 6) is -5.62. The molecule has 3 aromatic rings. The van der Waals surface area contributed by atoms with E-state index in [1.54, 1.807) is 36.4 Å². The number of hydrogen-bond acceptors (Lipinski definition) is 10. The normalized spacial score (nSPS) is 11.9. The molecule has 12 N–H and O–H groups in total. The van der Waals surface area contributed by atoms with Crippen LogP contribution >= 0.6 is 0 Å². The fourth-order valence-electron chi connectivity index (χ4n) is 3.69. The number of nitrogens with two attached hydrogens (primary N) is 4. The lowest BCUT2D eigenvalue weighted by Crippen LogP contribution is -2.35. The fraction of sp³-hybridized carbons (Fsp3) is 0.414. The quantitative estimate of drug-likeness (QED) is 0.0810. The second-order valence-corrected chi connectivity index (χ2v) is 9.74. The average Bonchev–Trinajstić information content (AvgIpc) is 3.33. The SMILES string of the molecule is NCCCCC(N)C(=O)O.NCCCCC(N)C(=O)O.O=C(O)C(Oc1nn(Cc2cccc(F)c2)c2ccccc12)C(=O)O. The van der Waals surface area contributed by atoms with Crippen LogP contribution in [0.3, 0.4) is 0 Å². The van der Waals surface area contributed by atoms with Crippen molar-refractivity contribution in [3.05, 3.63) is 59.9 Å². The molecule has 0 bridgehead atoms. The van der Waals surface area contributed by atoms with Crippen LogP contribution in [0.2, 0.25) is 0 Å². The van der Waals surface area contributed by atoms with Gasteiger partial charge in [0.15, 0.2) is 0 Å². The average molecular weight is 637 g/mol. The van der Waals surface area contributed by atoms with E-state index in [1.165, 1.54) is 16.8 Å².